The molecular weight excluding hydrogens is 420 g/mol. The highest BCUT2D eigenvalue weighted by Gasteiger charge is 2.20. The molecule has 0 fully saturated rings. The van der Waals surface area contributed by atoms with Crippen LogP contribution >= 0.6 is 0 Å². The molecule has 0 aliphatic rings. The summed E-state index contributed by atoms with van der Waals surface area (Å²) >= 11 is 0. The number of hydrogen-bond acceptors (Lipinski definition) is 5. The summed E-state index contributed by atoms with van der Waals surface area (Å²) in [5, 5.41) is 11.0. The molecule has 1 amide bonds. The number of hydrogen-bond donors (Lipinski definition) is 0. The number of carbonyl (C=O) groups is 1. The highest BCUT2D eigenvalue weighted by atomic mass is 16.6. The molecule has 2 heterocycles. The topological polar surface area (TPSA) is 90.0 Å². The Bertz CT molecular complexity index is 1310. The van der Waals surface area contributed by atoms with Gasteiger partial charge in [-0.25, -0.2) is 4.98 Å². The van der Waals surface area contributed by atoms with Gasteiger partial charge in [0.25, 0.3) is 11.6 Å². The number of carbonyl (C=O) groups excluding carboxylic acids is 1. The Morgan fingerprint density at radius 2 is 1.91 bits per heavy atom. The van der Waals surface area contributed by atoms with E-state index in [1.165, 1.54) is 12.1 Å². The van der Waals surface area contributed by atoms with Crippen molar-refractivity contribution < 1.29 is 14.5 Å². The standard InChI is InChI=1S/C25H24N4O4/c1-17-7-12-24-26-21(15-28(24)14-17)16-33-23-10-8-19(9-11-23)25(30)27(3)18(2)20-5-4-6-22(13-20)29(31)32/h4-15,18H,16H2,1-3H3. The van der Waals surface area contributed by atoms with Gasteiger partial charge in [0.15, 0.2) is 0 Å². The van der Waals surface area contributed by atoms with Gasteiger partial charge in [0.05, 0.1) is 16.7 Å². The van der Waals surface area contributed by atoms with Gasteiger partial charge in [-0.05, 0) is 55.3 Å². The number of nitro groups is 1. The van der Waals surface area contributed by atoms with Crippen LogP contribution in [0, 0.1) is 17.0 Å². The van der Waals surface area contributed by atoms with E-state index >= 15 is 0 Å². The lowest BCUT2D eigenvalue weighted by Crippen LogP contribution is -2.29. The number of amides is 1. The van der Waals surface area contributed by atoms with Crippen molar-refractivity contribution in [3.05, 3.63) is 106 Å². The molecule has 2 aromatic carbocycles. The molecule has 0 spiro atoms. The van der Waals surface area contributed by atoms with Crippen molar-refractivity contribution in [3.63, 3.8) is 0 Å². The number of nitrogens with zero attached hydrogens (tertiary/aromatic N) is 4. The first-order chi connectivity index (χ1) is 15.8. The number of ether oxygens (including phenoxy) is 1. The zero-order chi connectivity index (χ0) is 23.5. The fourth-order valence-electron chi connectivity index (χ4n) is 3.58. The Labute approximate surface area is 191 Å². The van der Waals surface area contributed by atoms with Crippen molar-refractivity contribution in [1.29, 1.82) is 0 Å². The van der Waals surface area contributed by atoms with Gasteiger partial charge >= 0.3 is 0 Å². The number of benzene rings is 2. The number of pyridine rings is 1. The first kappa shape index (κ1) is 22.0. The lowest BCUT2D eigenvalue weighted by Gasteiger charge is -2.25. The largest absolute Gasteiger partial charge is 0.487 e. The number of aryl methyl sites for hydroxylation is 1. The molecule has 8 heteroatoms. The summed E-state index contributed by atoms with van der Waals surface area (Å²) in [5.74, 6) is 0.449. The number of imidazole rings is 1. The van der Waals surface area contributed by atoms with Crippen LogP contribution in [-0.4, -0.2) is 32.2 Å². The summed E-state index contributed by atoms with van der Waals surface area (Å²) in [6, 6.07) is 16.9. The first-order valence-electron chi connectivity index (χ1n) is 10.5. The second kappa shape index (κ2) is 9.12. The highest BCUT2D eigenvalue weighted by Crippen LogP contribution is 2.25. The van der Waals surface area contributed by atoms with Gasteiger partial charge in [-0.3, -0.25) is 14.9 Å². The molecule has 1 unspecified atom stereocenters. The predicted molar refractivity (Wildman–Crippen MR) is 124 cm³/mol. The normalized spacial score (nSPS) is 11.8. The Kier molecular flexibility index (Phi) is 6.08. The Morgan fingerprint density at radius 1 is 1.15 bits per heavy atom. The summed E-state index contributed by atoms with van der Waals surface area (Å²) in [6.45, 7) is 4.18. The number of nitro benzene ring substituents is 1. The highest BCUT2D eigenvalue weighted by molar-refractivity contribution is 5.94. The molecule has 8 nitrogen and oxygen atoms in total. The molecule has 4 aromatic rings. The second-order valence-corrected chi connectivity index (χ2v) is 7.96. The van der Waals surface area contributed by atoms with E-state index in [1.807, 2.05) is 42.8 Å². The fraction of sp³-hybridized carbons (Fsp3) is 0.200. The minimum Gasteiger partial charge on any atom is -0.487 e. The molecule has 2 aromatic heterocycles. The van der Waals surface area contributed by atoms with Crippen LogP contribution in [0.5, 0.6) is 5.75 Å². The molecule has 4 rings (SSSR count). The van der Waals surface area contributed by atoms with Crippen molar-refractivity contribution >= 4 is 17.2 Å². The zero-order valence-electron chi connectivity index (χ0n) is 18.6. The number of non-ortho nitro benzene ring substituents is 1. The molecule has 1 atom stereocenters. The second-order valence-electron chi connectivity index (χ2n) is 7.96. The van der Waals surface area contributed by atoms with Crippen LogP contribution < -0.4 is 4.74 Å². The third-order valence-corrected chi connectivity index (χ3v) is 5.60. The van der Waals surface area contributed by atoms with Gasteiger partial charge in [0.1, 0.15) is 18.0 Å². The number of aromatic nitrogens is 2. The molecule has 0 bridgehead atoms. The van der Waals surface area contributed by atoms with E-state index in [4.69, 9.17) is 4.74 Å². The summed E-state index contributed by atoms with van der Waals surface area (Å²) in [7, 11) is 1.68. The maximum Gasteiger partial charge on any atom is 0.269 e. The van der Waals surface area contributed by atoms with Crippen molar-refractivity contribution in [2.75, 3.05) is 7.05 Å². The minimum atomic E-state index is -0.440. The SMILES string of the molecule is Cc1ccc2nc(COc3ccc(C(=O)N(C)C(C)c4cccc([N+](=O)[O-])c4)cc3)cn2c1. The smallest absolute Gasteiger partial charge is 0.269 e. The number of rotatable bonds is 7. The summed E-state index contributed by atoms with van der Waals surface area (Å²) in [5.41, 5.74) is 4.03. The Morgan fingerprint density at radius 3 is 2.64 bits per heavy atom. The third-order valence-electron chi connectivity index (χ3n) is 5.60. The molecular formula is C25H24N4O4. The lowest BCUT2D eigenvalue weighted by molar-refractivity contribution is -0.384. The molecule has 33 heavy (non-hydrogen) atoms. The van der Waals surface area contributed by atoms with E-state index < -0.39 is 4.92 Å². The maximum absolute atomic E-state index is 12.9. The van der Waals surface area contributed by atoms with Crippen LogP contribution in [0.1, 0.15) is 40.1 Å². The Balaban J connectivity index is 1.40. The van der Waals surface area contributed by atoms with Crippen molar-refractivity contribution in [1.82, 2.24) is 14.3 Å². The molecule has 0 radical (unpaired) electrons. The van der Waals surface area contributed by atoms with Crippen LogP contribution in [0.2, 0.25) is 0 Å². The molecule has 168 valence electrons. The minimum absolute atomic E-state index is 0.00226. The molecule has 0 aliphatic carbocycles. The zero-order valence-corrected chi connectivity index (χ0v) is 18.6. The molecule has 0 N–H and O–H groups in total. The summed E-state index contributed by atoms with van der Waals surface area (Å²) < 4.78 is 7.80. The van der Waals surface area contributed by atoms with Crippen LogP contribution in [0.3, 0.4) is 0 Å². The third kappa shape index (κ3) is 4.85. The predicted octanol–water partition coefficient (Wildman–Crippen LogP) is 4.96. The van der Waals surface area contributed by atoms with Crippen LogP contribution in [0.25, 0.3) is 5.65 Å². The summed E-state index contributed by atoms with van der Waals surface area (Å²) in [6.07, 6.45) is 3.95. The van der Waals surface area contributed by atoms with Gasteiger partial charge in [-0.15, -0.1) is 0 Å². The lowest BCUT2D eigenvalue weighted by atomic mass is 10.1. The number of fused-ring (bicyclic) bond motifs is 1. The molecule has 0 saturated heterocycles. The Hall–Kier alpha value is -4.20. The van der Waals surface area contributed by atoms with Gasteiger partial charge < -0.3 is 14.0 Å². The van der Waals surface area contributed by atoms with Crippen LogP contribution in [0.4, 0.5) is 5.69 Å². The van der Waals surface area contributed by atoms with Crippen LogP contribution in [-0.2, 0) is 6.61 Å². The fourth-order valence-corrected chi connectivity index (χ4v) is 3.58. The monoisotopic (exact) mass is 444 g/mol. The van der Waals surface area contributed by atoms with Gasteiger partial charge in [-0.2, -0.15) is 0 Å². The molecule has 0 saturated carbocycles. The van der Waals surface area contributed by atoms with Crippen molar-refractivity contribution in [2.24, 2.45) is 0 Å². The molecule has 0 aliphatic heterocycles. The van der Waals surface area contributed by atoms with E-state index in [0.29, 0.717) is 23.5 Å². The maximum atomic E-state index is 12.9. The quantitative estimate of drug-likeness (QED) is 0.297. The average Bonchev–Trinajstić information content (AvgIpc) is 3.23. The van der Waals surface area contributed by atoms with E-state index in [0.717, 1.165) is 16.9 Å². The summed E-state index contributed by atoms with van der Waals surface area (Å²) in [4.78, 5) is 29.6. The van der Waals surface area contributed by atoms with E-state index in [9.17, 15) is 14.9 Å². The van der Waals surface area contributed by atoms with E-state index in [1.54, 1.807) is 48.3 Å². The van der Waals surface area contributed by atoms with E-state index in [2.05, 4.69) is 4.98 Å². The van der Waals surface area contributed by atoms with Crippen molar-refractivity contribution in [3.8, 4) is 5.75 Å². The van der Waals surface area contributed by atoms with Crippen LogP contribution in [0.15, 0.2) is 73.1 Å². The first-order valence-corrected chi connectivity index (χ1v) is 10.5. The van der Waals surface area contributed by atoms with Gasteiger partial charge in [-0.1, -0.05) is 18.2 Å². The van der Waals surface area contributed by atoms with Gasteiger partial charge in [0.2, 0.25) is 0 Å². The van der Waals surface area contributed by atoms with Crippen molar-refractivity contribution in [2.45, 2.75) is 26.5 Å². The average molecular weight is 444 g/mol. The van der Waals surface area contributed by atoms with Gasteiger partial charge in [0, 0.05) is 37.1 Å². The van der Waals surface area contributed by atoms with E-state index in [-0.39, 0.29) is 17.6 Å².